The van der Waals surface area contributed by atoms with Crippen molar-refractivity contribution in [3.8, 4) is 0 Å². The van der Waals surface area contributed by atoms with Crippen molar-refractivity contribution in [1.82, 2.24) is 9.55 Å². The van der Waals surface area contributed by atoms with E-state index < -0.39 is 12.0 Å². The van der Waals surface area contributed by atoms with Crippen LogP contribution in [0.2, 0.25) is 0 Å². The zero-order valence-corrected chi connectivity index (χ0v) is 10.7. The molecule has 3 rings (SSSR count). The van der Waals surface area contributed by atoms with Crippen LogP contribution < -0.4 is 5.73 Å². The van der Waals surface area contributed by atoms with E-state index in [-0.39, 0.29) is 18.2 Å². The Balaban J connectivity index is 2.10. The predicted octanol–water partition coefficient (Wildman–Crippen LogP) is 2.82. The summed E-state index contributed by atoms with van der Waals surface area (Å²) in [5.74, 6) is -0.895. The third kappa shape index (κ3) is 2.33. The molecular weight excluding hydrogens is 271 g/mol. The summed E-state index contributed by atoms with van der Waals surface area (Å²) >= 11 is 0. The van der Waals surface area contributed by atoms with Crippen LogP contribution in [0.1, 0.15) is 18.7 Å². The number of hydrogen-bond acceptors (Lipinski definition) is 3. The van der Waals surface area contributed by atoms with E-state index in [1.54, 1.807) is 12.1 Å². The summed E-state index contributed by atoms with van der Waals surface area (Å²) in [6.07, 6.45) is -3.03. The lowest BCUT2D eigenvalue weighted by atomic mass is 10.2. The standard InChI is InChI=1S/C13H14F3N3O/c14-13(15,16)12-18-10-6-8(17)3-4-11(10)19(12)7-9-2-1-5-20-9/h3-4,6,9H,1-2,5,7,17H2. The number of nitrogen functional groups attached to an aromatic ring is 1. The van der Waals surface area contributed by atoms with E-state index in [1.807, 2.05) is 0 Å². The molecule has 1 aliphatic rings. The van der Waals surface area contributed by atoms with Crippen LogP contribution in [0.5, 0.6) is 0 Å². The highest BCUT2D eigenvalue weighted by molar-refractivity contribution is 5.79. The van der Waals surface area contributed by atoms with Gasteiger partial charge in [-0.3, -0.25) is 0 Å². The number of nitrogens with two attached hydrogens (primary N) is 1. The average Bonchev–Trinajstić information content (AvgIpc) is 2.97. The minimum absolute atomic E-state index is 0.162. The summed E-state index contributed by atoms with van der Waals surface area (Å²) in [7, 11) is 0. The quantitative estimate of drug-likeness (QED) is 0.863. The van der Waals surface area contributed by atoms with Crippen LogP contribution in [0.15, 0.2) is 18.2 Å². The summed E-state index contributed by atoms with van der Waals surface area (Å²) in [5.41, 5.74) is 6.69. The number of rotatable bonds is 2. The molecule has 2 aromatic rings. The van der Waals surface area contributed by atoms with Crippen LogP contribution in [0.3, 0.4) is 0 Å². The van der Waals surface area contributed by atoms with E-state index >= 15 is 0 Å². The molecule has 0 amide bonds. The molecule has 7 heteroatoms. The predicted molar refractivity (Wildman–Crippen MR) is 68.1 cm³/mol. The number of alkyl halides is 3. The van der Waals surface area contributed by atoms with E-state index in [9.17, 15) is 13.2 Å². The molecule has 20 heavy (non-hydrogen) atoms. The molecule has 0 aliphatic carbocycles. The summed E-state index contributed by atoms with van der Waals surface area (Å²) in [6.45, 7) is 0.765. The van der Waals surface area contributed by atoms with Gasteiger partial charge in [0.2, 0.25) is 5.82 Å². The fraction of sp³-hybridized carbons (Fsp3) is 0.462. The van der Waals surface area contributed by atoms with Gasteiger partial charge in [0.25, 0.3) is 0 Å². The van der Waals surface area contributed by atoms with Gasteiger partial charge >= 0.3 is 6.18 Å². The highest BCUT2D eigenvalue weighted by Crippen LogP contribution is 2.33. The minimum atomic E-state index is -4.49. The number of ether oxygens (including phenoxy) is 1. The fourth-order valence-corrected chi connectivity index (χ4v) is 2.54. The Morgan fingerprint density at radius 1 is 1.40 bits per heavy atom. The van der Waals surface area contributed by atoms with Crippen molar-refractivity contribution in [2.24, 2.45) is 0 Å². The van der Waals surface area contributed by atoms with Crippen molar-refractivity contribution in [2.75, 3.05) is 12.3 Å². The van der Waals surface area contributed by atoms with Gasteiger partial charge in [0.05, 0.1) is 23.7 Å². The lowest BCUT2D eigenvalue weighted by Crippen LogP contribution is -2.21. The maximum atomic E-state index is 13.1. The SMILES string of the molecule is Nc1ccc2c(c1)nc(C(F)(F)F)n2CC1CCCO1. The molecule has 1 aromatic carbocycles. The highest BCUT2D eigenvalue weighted by Gasteiger charge is 2.38. The van der Waals surface area contributed by atoms with E-state index in [2.05, 4.69) is 4.98 Å². The molecule has 1 atom stereocenters. The number of nitrogens with zero attached hydrogens (tertiary/aromatic N) is 2. The van der Waals surface area contributed by atoms with Crippen LogP contribution in [0, 0.1) is 0 Å². The first-order valence-corrected chi connectivity index (χ1v) is 6.40. The molecule has 1 aliphatic heterocycles. The first-order chi connectivity index (χ1) is 9.45. The van der Waals surface area contributed by atoms with Crippen LogP contribution >= 0.6 is 0 Å². The first-order valence-electron chi connectivity index (χ1n) is 6.40. The van der Waals surface area contributed by atoms with E-state index in [4.69, 9.17) is 10.5 Å². The third-order valence-corrected chi connectivity index (χ3v) is 3.44. The van der Waals surface area contributed by atoms with Crippen molar-refractivity contribution in [1.29, 1.82) is 0 Å². The first kappa shape index (κ1) is 13.2. The fourth-order valence-electron chi connectivity index (χ4n) is 2.54. The second-order valence-electron chi connectivity index (χ2n) is 4.93. The van der Waals surface area contributed by atoms with Crippen LogP contribution in [0.25, 0.3) is 11.0 Å². The Bertz CT molecular complexity index is 630. The molecule has 2 heterocycles. The lowest BCUT2D eigenvalue weighted by Gasteiger charge is -2.15. The second-order valence-corrected chi connectivity index (χ2v) is 4.93. The number of imidazole rings is 1. The van der Waals surface area contributed by atoms with E-state index in [0.717, 1.165) is 12.8 Å². The van der Waals surface area contributed by atoms with Gasteiger partial charge in [-0.25, -0.2) is 4.98 Å². The third-order valence-electron chi connectivity index (χ3n) is 3.44. The molecule has 2 N–H and O–H groups in total. The smallest absolute Gasteiger partial charge is 0.399 e. The summed E-state index contributed by atoms with van der Waals surface area (Å²) in [4.78, 5) is 3.69. The molecule has 4 nitrogen and oxygen atoms in total. The number of halogens is 3. The zero-order chi connectivity index (χ0) is 14.3. The Morgan fingerprint density at radius 3 is 2.85 bits per heavy atom. The van der Waals surface area contributed by atoms with Gasteiger partial charge in [0, 0.05) is 12.3 Å². The van der Waals surface area contributed by atoms with Crippen molar-refractivity contribution >= 4 is 16.7 Å². The van der Waals surface area contributed by atoms with Gasteiger partial charge < -0.3 is 15.0 Å². The molecule has 0 radical (unpaired) electrons. The maximum Gasteiger partial charge on any atom is 0.449 e. The van der Waals surface area contributed by atoms with E-state index in [0.29, 0.717) is 17.8 Å². The molecule has 0 spiro atoms. The van der Waals surface area contributed by atoms with Crippen molar-refractivity contribution in [3.63, 3.8) is 0 Å². The van der Waals surface area contributed by atoms with Gasteiger partial charge in [-0.2, -0.15) is 13.2 Å². The monoisotopic (exact) mass is 285 g/mol. The molecule has 1 unspecified atom stereocenters. The van der Waals surface area contributed by atoms with Gasteiger partial charge in [-0.15, -0.1) is 0 Å². The topological polar surface area (TPSA) is 53.1 Å². The van der Waals surface area contributed by atoms with Crippen molar-refractivity contribution in [3.05, 3.63) is 24.0 Å². The Kier molecular flexibility index (Phi) is 3.08. The van der Waals surface area contributed by atoms with Crippen LogP contribution in [-0.2, 0) is 17.5 Å². The molecule has 1 fully saturated rings. The molecule has 1 saturated heterocycles. The zero-order valence-electron chi connectivity index (χ0n) is 10.7. The van der Waals surface area contributed by atoms with Gasteiger partial charge in [0.15, 0.2) is 0 Å². The van der Waals surface area contributed by atoms with Gasteiger partial charge in [-0.05, 0) is 31.0 Å². The Morgan fingerprint density at radius 2 is 2.20 bits per heavy atom. The molecule has 1 aromatic heterocycles. The maximum absolute atomic E-state index is 13.1. The molecule has 108 valence electrons. The molecule has 0 bridgehead atoms. The lowest BCUT2D eigenvalue weighted by molar-refractivity contribution is -0.147. The average molecular weight is 285 g/mol. The van der Waals surface area contributed by atoms with Crippen LogP contribution in [-0.4, -0.2) is 22.3 Å². The molecular formula is C13H14F3N3O. The van der Waals surface area contributed by atoms with Gasteiger partial charge in [0.1, 0.15) is 0 Å². The Labute approximate surface area is 113 Å². The largest absolute Gasteiger partial charge is 0.449 e. The van der Waals surface area contributed by atoms with Crippen molar-refractivity contribution < 1.29 is 17.9 Å². The summed E-state index contributed by atoms with van der Waals surface area (Å²) < 4.78 is 45.9. The minimum Gasteiger partial charge on any atom is -0.399 e. The number of hydrogen-bond donors (Lipinski definition) is 1. The summed E-state index contributed by atoms with van der Waals surface area (Å²) in [5, 5.41) is 0. The molecule has 0 saturated carbocycles. The number of fused-ring (bicyclic) bond motifs is 1. The van der Waals surface area contributed by atoms with Crippen molar-refractivity contribution in [2.45, 2.75) is 31.7 Å². The van der Waals surface area contributed by atoms with Gasteiger partial charge in [-0.1, -0.05) is 0 Å². The van der Waals surface area contributed by atoms with Crippen LogP contribution in [0.4, 0.5) is 18.9 Å². The highest BCUT2D eigenvalue weighted by atomic mass is 19.4. The summed E-state index contributed by atoms with van der Waals surface area (Å²) in [6, 6.07) is 4.61. The van der Waals surface area contributed by atoms with E-state index in [1.165, 1.54) is 10.6 Å². The number of aromatic nitrogens is 2. The number of anilines is 1. The normalized spacial score (nSPS) is 19.9. The number of benzene rings is 1. The Hall–Kier alpha value is -1.76. The second kappa shape index (κ2) is 4.66.